The second kappa shape index (κ2) is 9.75. The third-order valence-corrected chi connectivity index (χ3v) is 6.68. The van der Waals surface area contributed by atoms with E-state index >= 15 is 0 Å². The van der Waals surface area contributed by atoms with Gasteiger partial charge in [0.25, 0.3) is 5.91 Å². The Morgan fingerprint density at radius 2 is 1.87 bits per heavy atom. The van der Waals surface area contributed by atoms with Crippen LogP contribution in [-0.2, 0) is 10.0 Å². The minimum atomic E-state index is -3.61. The van der Waals surface area contributed by atoms with Crippen LogP contribution in [0.3, 0.4) is 0 Å². The number of amides is 1. The molecule has 10 heteroatoms. The quantitative estimate of drug-likeness (QED) is 0.481. The minimum Gasteiger partial charge on any atom is -0.395 e. The molecule has 2 atom stereocenters. The summed E-state index contributed by atoms with van der Waals surface area (Å²) >= 11 is 12.3. The molecule has 2 aromatic rings. The number of nitrogens with one attached hydrogen (secondary N) is 3. The maximum Gasteiger partial charge on any atom is 0.253 e. The first-order chi connectivity index (χ1) is 14.6. The number of sulfonamides is 1. The number of rotatable bonds is 7. The van der Waals surface area contributed by atoms with E-state index in [1.165, 1.54) is 0 Å². The Kier molecular flexibility index (Phi) is 7.49. The van der Waals surface area contributed by atoms with Gasteiger partial charge in [0.05, 0.1) is 34.2 Å². The molecule has 31 heavy (non-hydrogen) atoms. The summed E-state index contributed by atoms with van der Waals surface area (Å²) in [6, 6.07) is 8.94. The number of halogens is 2. The third kappa shape index (κ3) is 5.51. The first-order valence-electron chi connectivity index (χ1n) is 9.81. The van der Waals surface area contributed by atoms with Crippen LogP contribution in [0.1, 0.15) is 51.8 Å². The van der Waals surface area contributed by atoms with Gasteiger partial charge in [0.1, 0.15) is 0 Å². The topological polar surface area (TPSA) is 108 Å². The molecule has 0 aliphatic heterocycles. The zero-order valence-electron chi connectivity index (χ0n) is 17.2. The Hall–Kier alpha value is -1.84. The van der Waals surface area contributed by atoms with Gasteiger partial charge in [-0.25, -0.2) is 8.42 Å². The smallest absolute Gasteiger partial charge is 0.253 e. The molecule has 0 fully saturated rings. The van der Waals surface area contributed by atoms with Crippen LogP contribution < -0.4 is 15.4 Å². The number of hydrogen-bond donors (Lipinski definition) is 4. The van der Waals surface area contributed by atoms with E-state index in [0.717, 1.165) is 35.8 Å². The van der Waals surface area contributed by atoms with Gasteiger partial charge in [-0.2, -0.15) is 0 Å². The summed E-state index contributed by atoms with van der Waals surface area (Å²) in [5.74, 6) is -0.506. The van der Waals surface area contributed by atoms with Crippen molar-refractivity contribution in [3.63, 3.8) is 0 Å². The molecule has 1 amide bonds. The molecule has 0 aromatic heterocycles. The van der Waals surface area contributed by atoms with Gasteiger partial charge < -0.3 is 15.7 Å². The lowest BCUT2D eigenvalue weighted by Gasteiger charge is -2.33. The Labute approximate surface area is 192 Å². The Morgan fingerprint density at radius 1 is 1.13 bits per heavy atom. The van der Waals surface area contributed by atoms with Crippen LogP contribution in [-0.4, -0.2) is 45.9 Å². The highest BCUT2D eigenvalue weighted by molar-refractivity contribution is 7.92. The van der Waals surface area contributed by atoms with E-state index < -0.39 is 15.9 Å². The van der Waals surface area contributed by atoms with E-state index in [0.29, 0.717) is 10.0 Å². The molecule has 4 N–H and O–H groups in total. The maximum absolute atomic E-state index is 12.8. The van der Waals surface area contributed by atoms with Crippen LogP contribution in [0.4, 0.5) is 5.69 Å². The van der Waals surface area contributed by atoms with Crippen molar-refractivity contribution in [1.29, 1.82) is 0 Å². The number of fused-ring (bicyclic) bond motifs is 1. The van der Waals surface area contributed by atoms with Crippen LogP contribution in [0, 0.1) is 0 Å². The predicted molar refractivity (Wildman–Crippen MR) is 124 cm³/mol. The van der Waals surface area contributed by atoms with Crippen LogP contribution in [0.25, 0.3) is 0 Å². The Morgan fingerprint density at radius 3 is 2.48 bits per heavy atom. The van der Waals surface area contributed by atoms with E-state index in [2.05, 4.69) is 15.4 Å². The van der Waals surface area contributed by atoms with E-state index in [1.807, 2.05) is 19.2 Å². The molecule has 1 aliphatic carbocycles. The van der Waals surface area contributed by atoms with Crippen LogP contribution in [0.5, 0.6) is 0 Å². The van der Waals surface area contributed by atoms with Gasteiger partial charge in [0, 0.05) is 18.5 Å². The van der Waals surface area contributed by atoms with Crippen molar-refractivity contribution < 1.29 is 18.3 Å². The van der Waals surface area contributed by atoms with Crippen molar-refractivity contribution in [1.82, 2.24) is 10.6 Å². The first kappa shape index (κ1) is 23.8. The first-order valence-corrected chi connectivity index (χ1v) is 12.5. The summed E-state index contributed by atoms with van der Waals surface area (Å²) in [7, 11) is -1.77. The van der Waals surface area contributed by atoms with Crippen molar-refractivity contribution in [3.05, 3.63) is 62.6 Å². The second-order valence-corrected chi connectivity index (χ2v) is 10.1. The average Bonchev–Trinajstić information content (AvgIpc) is 2.71. The monoisotopic (exact) mass is 485 g/mol. The van der Waals surface area contributed by atoms with Crippen molar-refractivity contribution >= 4 is 44.8 Å². The lowest BCUT2D eigenvalue weighted by molar-refractivity contribution is 0.0945. The molecule has 0 saturated carbocycles. The molecular weight excluding hydrogens is 461 g/mol. The normalized spacial score (nSPS) is 18.4. The maximum atomic E-state index is 12.8. The van der Waals surface area contributed by atoms with Gasteiger partial charge in [0.15, 0.2) is 0 Å². The fourth-order valence-corrected chi connectivity index (χ4v) is 4.87. The Bertz CT molecular complexity index is 1090. The summed E-state index contributed by atoms with van der Waals surface area (Å²) < 4.78 is 26.3. The van der Waals surface area contributed by atoms with Gasteiger partial charge in [0.2, 0.25) is 10.0 Å². The lowest BCUT2D eigenvalue weighted by Crippen LogP contribution is -2.30. The fourth-order valence-electron chi connectivity index (χ4n) is 3.99. The number of anilines is 1. The predicted octanol–water partition coefficient (Wildman–Crippen LogP) is 3.27. The van der Waals surface area contributed by atoms with Crippen molar-refractivity contribution in [2.75, 3.05) is 31.2 Å². The molecule has 3 rings (SSSR count). The highest BCUT2D eigenvalue weighted by Crippen LogP contribution is 2.44. The SMILES string of the molecule is CN[C@H]1CC[C@@H](c2ccc(Cl)c(Cl)c2)c2cc(C(=O)NCCO)c(NS(C)(=O)=O)cc21. The number of benzene rings is 2. The van der Waals surface area contributed by atoms with E-state index in [-0.39, 0.29) is 36.4 Å². The highest BCUT2D eigenvalue weighted by atomic mass is 35.5. The molecule has 2 aromatic carbocycles. The summed E-state index contributed by atoms with van der Waals surface area (Å²) in [6.45, 7) is -0.164. The zero-order valence-corrected chi connectivity index (χ0v) is 19.5. The summed E-state index contributed by atoms with van der Waals surface area (Å²) in [6.07, 6.45) is 2.67. The standard InChI is InChI=1S/C21H25Cl2N3O4S/c1-24-19-6-4-13(12-3-5-17(22)18(23)9-12)14-10-16(21(28)25-7-8-27)20(11-15(14)19)26-31(2,29)30/h3,5,9-11,13,19,24,26-27H,4,6-8H2,1-2H3,(H,25,28)/t13-,19-/m0/s1. The molecule has 0 spiro atoms. The van der Waals surface area contributed by atoms with E-state index in [1.54, 1.807) is 18.2 Å². The molecule has 0 unspecified atom stereocenters. The number of hydrogen-bond acceptors (Lipinski definition) is 5. The minimum absolute atomic E-state index is 0.00341. The van der Waals surface area contributed by atoms with Crippen LogP contribution in [0.2, 0.25) is 10.0 Å². The number of carbonyl (C=O) groups is 1. The van der Waals surface area contributed by atoms with Crippen molar-refractivity contribution in [3.8, 4) is 0 Å². The number of carbonyl (C=O) groups excluding carboxylic acids is 1. The third-order valence-electron chi connectivity index (χ3n) is 5.35. The van der Waals surface area contributed by atoms with Crippen molar-refractivity contribution in [2.24, 2.45) is 0 Å². The molecular formula is C21H25Cl2N3O4S. The largest absolute Gasteiger partial charge is 0.395 e. The Balaban J connectivity index is 2.18. The molecule has 0 radical (unpaired) electrons. The molecule has 1 aliphatic rings. The molecule has 0 saturated heterocycles. The number of aliphatic hydroxyl groups is 1. The fraction of sp³-hybridized carbons (Fsp3) is 0.381. The second-order valence-electron chi connectivity index (χ2n) is 7.53. The lowest BCUT2D eigenvalue weighted by atomic mass is 9.76. The van der Waals surface area contributed by atoms with E-state index in [9.17, 15) is 13.2 Å². The van der Waals surface area contributed by atoms with Gasteiger partial charge in [-0.3, -0.25) is 9.52 Å². The zero-order chi connectivity index (χ0) is 22.8. The molecule has 0 heterocycles. The van der Waals surface area contributed by atoms with Crippen LogP contribution in [0.15, 0.2) is 30.3 Å². The van der Waals surface area contributed by atoms with Gasteiger partial charge in [-0.15, -0.1) is 0 Å². The van der Waals surface area contributed by atoms with Gasteiger partial charge in [-0.05, 0) is 60.8 Å². The summed E-state index contributed by atoms with van der Waals surface area (Å²) in [4.78, 5) is 12.8. The van der Waals surface area contributed by atoms with Crippen molar-refractivity contribution in [2.45, 2.75) is 24.8 Å². The summed E-state index contributed by atoms with van der Waals surface area (Å²) in [5.41, 5.74) is 3.19. The van der Waals surface area contributed by atoms with E-state index in [4.69, 9.17) is 28.3 Å². The van der Waals surface area contributed by atoms with Gasteiger partial charge >= 0.3 is 0 Å². The van der Waals surface area contributed by atoms with Crippen LogP contribution >= 0.6 is 23.2 Å². The average molecular weight is 486 g/mol. The molecule has 7 nitrogen and oxygen atoms in total. The summed E-state index contributed by atoms with van der Waals surface area (Å²) in [5, 5.41) is 15.8. The number of aliphatic hydroxyl groups excluding tert-OH is 1. The molecule has 168 valence electrons. The molecule has 0 bridgehead atoms. The highest BCUT2D eigenvalue weighted by Gasteiger charge is 2.30. The van der Waals surface area contributed by atoms with Gasteiger partial charge in [-0.1, -0.05) is 29.3 Å².